The Hall–Kier alpha value is -2.63. The van der Waals surface area contributed by atoms with Crippen LogP contribution in [-0.2, 0) is 23.9 Å². The van der Waals surface area contributed by atoms with Gasteiger partial charge < -0.3 is 15.2 Å². The molecule has 12 heteroatoms. The Morgan fingerprint density at radius 2 is 1.86 bits per heavy atom. The van der Waals surface area contributed by atoms with Gasteiger partial charge in [0.25, 0.3) is 0 Å². The highest BCUT2D eigenvalue weighted by Crippen LogP contribution is 2.32. The molecule has 1 aliphatic heterocycles. The van der Waals surface area contributed by atoms with Crippen molar-refractivity contribution >= 4 is 5.91 Å². The highest BCUT2D eigenvalue weighted by molar-refractivity contribution is 5.77. The first-order chi connectivity index (χ1) is 13.5. The lowest BCUT2D eigenvalue weighted by molar-refractivity contribution is -0.149. The van der Waals surface area contributed by atoms with Gasteiger partial charge in [0, 0.05) is 25.1 Å². The summed E-state index contributed by atoms with van der Waals surface area (Å²) in [5.41, 5.74) is 5.67. The predicted molar refractivity (Wildman–Crippen MR) is 87.8 cm³/mol. The smallest absolute Gasteiger partial charge is 0.333 e. The molecule has 1 aromatic carbocycles. The molecule has 0 fully saturated rings. The number of halogens is 6. The predicted octanol–water partition coefficient (Wildman–Crippen LogP) is 2.58. The quantitative estimate of drug-likeness (QED) is 0.608. The van der Waals surface area contributed by atoms with Gasteiger partial charge in [0.05, 0.1) is 12.6 Å². The minimum Gasteiger partial charge on any atom is -0.333 e. The van der Waals surface area contributed by atoms with Crippen molar-refractivity contribution in [2.75, 3.05) is 6.54 Å². The molecule has 158 valence electrons. The topological polar surface area (TPSA) is 77.0 Å². The zero-order chi connectivity index (χ0) is 21.5. The molecule has 0 unspecified atom stereocenters. The van der Waals surface area contributed by atoms with Crippen LogP contribution in [0, 0.1) is 17.5 Å². The fourth-order valence-electron chi connectivity index (χ4n) is 3.34. The summed E-state index contributed by atoms with van der Waals surface area (Å²) in [5.74, 6) is -5.16. The minimum absolute atomic E-state index is 0.00959. The van der Waals surface area contributed by atoms with Crippen molar-refractivity contribution in [2.24, 2.45) is 5.73 Å². The summed E-state index contributed by atoms with van der Waals surface area (Å²) in [4.78, 5) is 13.8. The second-order valence-corrected chi connectivity index (χ2v) is 6.96. The third-order valence-corrected chi connectivity index (χ3v) is 4.64. The zero-order valence-corrected chi connectivity index (χ0v) is 15.2. The van der Waals surface area contributed by atoms with Crippen LogP contribution in [0.5, 0.6) is 0 Å². The second-order valence-electron chi connectivity index (χ2n) is 6.96. The van der Waals surface area contributed by atoms with Crippen LogP contribution in [0.4, 0.5) is 26.3 Å². The van der Waals surface area contributed by atoms with E-state index >= 15 is 0 Å². The number of nitrogens with zero attached hydrogens (tertiary/aromatic N) is 4. The monoisotopic (exact) mass is 421 g/mol. The molecule has 0 radical (unpaired) electrons. The molecule has 0 bridgehead atoms. The van der Waals surface area contributed by atoms with E-state index in [2.05, 4.69) is 10.2 Å². The van der Waals surface area contributed by atoms with Gasteiger partial charge in [-0.05, 0) is 25.0 Å². The highest BCUT2D eigenvalue weighted by Gasteiger charge is 2.41. The fourth-order valence-corrected chi connectivity index (χ4v) is 3.34. The van der Waals surface area contributed by atoms with Crippen LogP contribution in [0.25, 0.3) is 0 Å². The number of fused-ring (bicyclic) bond motifs is 1. The third kappa shape index (κ3) is 4.36. The van der Waals surface area contributed by atoms with E-state index in [1.807, 2.05) is 0 Å². The van der Waals surface area contributed by atoms with Gasteiger partial charge in [-0.1, -0.05) is 0 Å². The van der Waals surface area contributed by atoms with Gasteiger partial charge in [0.1, 0.15) is 5.82 Å². The molecule has 2 heterocycles. The van der Waals surface area contributed by atoms with E-state index in [0.29, 0.717) is 12.1 Å². The molecule has 1 aliphatic rings. The minimum atomic E-state index is -4.66. The molecule has 2 aromatic rings. The first-order valence-corrected chi connectivity index (χ1v) is 8.65. The number of amides is 1. The van der Waals surface area contributed by atoms with Crippen molar-refractivity contribution in [1.82, 2.24) is 19.7 Å². The van der Waals surface area contributed by atoms with Gasteiger partial charge in [-0.2, -0.15) is 13.2 Å². The van der Waals surface area contributed by atoms with Crippen molar-refractivity contribution < 1.29 is 31.1 Å². The van der Waals surface area contributed by atoms with Gasteiger partial charge in [0.2, 0.25) is 11.7 Å². The number of rotatable bonds is 4. The lowest BCUT2D eigenvalue weighted by Crippen LogP contribution is -2.43. The van der Waals surface area contributed by atoms with Gasteiger partial charge >= 0.3 is 6.18 Å². The fraction of sp³-hybridized carbons (Fsp3) is 0.471. The summed E-state index contributed by atoms with van der Waals surface area (Å²) >= 11 is 0. The maximum absolute atomic E-state index is 13.7. The van der Waals surface area contributed by atoms with Crippen LogP contribution in [0.15, 0.2) is 12.1 Å². The molecular weight excluding hydrogens is 404 g/mol. The number of carbonyl (C=O) groups is 1. The molecule has 2 N–H and O–H groups in total. The number of aromatic nitrogens is 3. The Bertz CT molecular complexity index is 928. The summed E-state index contributed by atoms with van der Waals surface area (Å²) < 4.78 is 80.0. The molecule has 3 rings (SSSR count). The van der Waals surface area contributed by atoms with Crippen LogP contribution in [0.1, 0.15) is 36.6 Å². The summed E-state index contributed by atoms with van der Waals surface area (Å²) in [5, 5.41) is 6.70. The maximum atomic E-state index is 13.7. The van der Waals surface area contributed by atoms with Crippen molar-refractivity contribution in [2.45, 2.75) is 44.6 Å². The molecule has 6 nitrogen and oxygen atoms in total. The van der Waals surface area contributed by atoms with Gasteiger partial charge in [-0.25, -0.2) is 13.2 Å². The number of hydrogen-bond donors (Lipinski definition) is 1. The van der Waals surface area contributed by atoms with E-state index in [1.165, 1.54) is 11.8 Å². The Morgan fingerprint density at radius 3 is 2.52 bits per heavy atom. The van der Waals surface area contributed by atoms with E-state index in [1.54, 1.807) is 0 Å². The molecule has 2 atom stereocenters. The van der Waals surface area contributed by atoms with Crippen LogP contribution < -0.4 is 5.73 Å². The summed E-state index contributed by atoms with van der Waals surface area (Å²) in [6, 6.07) is -0.535. The third-order valence-electron chi connectivity index (χ3n) is 4.64. The molecule has 0 aliphatic carbocycles. The van der Waals surface area contributed by atoms with Crippen molar-refractivity contribution in [3.63, 3.8) is 0 Å². The Labute approximate surface area is 161 Å². The van der Waals surface area contributed by atoms with E-state index in [4.69, 9.17) is 5.73 Å². The standard InChI is InChI=1S/C17H17F6N5O/c1-8-6-27(7-14-25-26-16(28(8)14)17(21,22)23)15(29)4-10(24)2-9-3-12(19)13(20)5-11(9)18/h3,5,8,10H,2,4,6-7,24H2,1H3/t8-,10+/m0/s1. The van der Waals surface area contributed by atoms with Crippen molar-refractivity contribution in [3.05, 3.63) is 46.8 Å². The largest absolute Gasteiger partial charge is 0.451 e. The average Bonchev–Trinajstić information content (AvgIpc) is 3.04. The molecule has 0 saturated heterocycles. The van der Waals surface area contributed by atoms with Gasteiger partial charge in [-0.3, -0.25) is 4.79 Å². The summed E-state index contributed by atoms with van der Waals surface area (Å²) in [6.07, 6.45) is -5.14. The Morgan fingerprint density at radius 1 is 1.21 bits per heavy atom. The number of nitrogens with two attached hydrogens (primary N) is 1. The molecule has 1 aromatic heterocycles. The SMILES string of the molecule is C[C@H]1CN(C(=O)C[C@H](N)Cc2cc(F)c(F)cc2F)Cc2nnc(C(F)(F)F)n21. The highest BCUT2D eigenvalue weighted by atomic mass is 19.4. The number of hydrogen-bond acceptors (Lipinski definition) is 4. The molecule has 0 saturated carbocycles. The van der Waals surface area contributed by atoms with Crippen LogP contribution in [0.2, 0.25) is 0 Å². The van der Waals surface area contributed by atoms with E-state index in [9.17, 15) is 31.1 Å². The summed E-state index contributed by atoms with van der Waals surface area (Å²) in [6.45, 7) is 1.30. The van der Waals surface area contributed by atoms with Gasteiger partial charge in [0.15, 0.2) is 17.5 Å². The first-order valence-electron chi connectivity index (χ1n) is 8.65. The lowest BCUT2D eigenvalue weighted by atomic mass is 10.0. The van der Waals surface area contributed by atoms with E-state index < -0.39 is 47.4 Å². The molecule has 29 heavy (non-hydrogen) atoms. The normalized spacial score (nSPS) is 17.9. The maximum Gasteiger partial charge on any atom is 0.451 e. The van der Waals surface area contributed by atoms with Crippen LogP contribution >= 0.6 is 0 Å². The molecule has 0 spiro atoms. The van der Waals surface area contributed by atoms with Crippen molar-refractivity contribution in [3.8, 4) is 0 Å². The average molecular weight is 421 g/mol. The van der Waals surface area contributed by atoms with Crippen molar-refractivity contribution in [1.29, 1.82) is 0 Å². The number of benzene rings is 1. The number of carbonyl (C=O) groups excluding carboxylic acids is 1. The Kier molecular flexibility index (Phi) is 5.57. The van der Waals surface area contributed by atoms with E-state index in [0.717, 1.165) is 4.57 Å². The van der Waals surface area contributed by atoms with Crippen LogP contribution in [0.3, 0.4) is 0 Å². The lowest BCUT2D eigenvalue weighted by Gasteiger charge is -2.33. The Balaban J connectivity index is 1.67. The zero-order valence-electron chi connectivity index (χ0n) is 15.2. The second kappa shape index (κ2) is 7.65. The first kappa shape index (κ1) is 21.1. The summed E-state index contributed by atoms with van der Waals surface area (Å²) in [7, 11) is 0. The van der Waals surface area contributed by atoms with Crippen LogP contribution in [-0.4, -0.2) is 38.2 Å². The molecular formula is C17H17F6N5O. The number of alkyl halides is 3. The molecule has 1 amide bonds. The van der Waals surface area contributed by atoms with E-state index in [-0.39, 0.29) is 37.3 Å². The van der Waals surface area contributed by atoms with Gasteiger partial charge in [-0.15, -0.1) is 10.2 Å².